The van der Waals surface area contributed by atoms with E-state index in [1.807, 2.05) is 18.2 Å². The molecule has 4 rings (SSSR count). The Morgan fingerprint density at radius 2 is 2.25 bits per heavy atom. The molecule has 6 nitrogen and oxygen atoms in total. The molecule has 0 amide bonds. The van der Waals surface area contributed by atoms with E-state index in [2.05, 4.69) is 43.4 Å². The molecule has 7 heteroatoms. The number of fused-ring (bicyclic) bond motifs is 3. The summed E-state index contributed by atoms with van der Waals surface area (Å²) in [6.45, 7) is 3.51. The number of pyridine rings is 2. The monoisotopic (exact) mass is 440 g/mol. The lowest BCUT2D eigenvalue weighted by Crippen LogP contribution is -2.38. The van der Waals surface area contributed by atoms with E-state index >= 15 is 0 Å². The molecule has 2 aromatic heterocycles. The number of benzene rings is 1. The van der Waals surface area contributed by atoms with E-state index in [0.29, 0.717) is 16.5 Å². The minimum atomic E-state index is -0.762. The SMILES string of the molecule is C[C@H](O)C#Cc1c[nH]c(=O)c2c1nc(N[C@H]1CCCNC1)c1ccc(Br)cc12. The molecule has 1 aliphatic rings. The summed E-state index contributed by atoms with van der Waals surface area (Å²) >= 11 is 3.51. The third-order valence-corrected chi connectivity index (χ3v) is 5.34. The van der Waals surface area contributed by atoms with Crippen LogP contribution in [0.25, 0.3) is 21.7 Å². The van der Waals surface area contributed by atoms with E-state index in [9.17, 15) is 9.90 Å². The number of nitrogens with zero attached hydrogens (tertiary/aromatic N) is 1. The number of hydrogen-bond donors (Lipinski definition) is 4. The molecule has 3 heterocycles. The van der Waals surface area contributed by atoms with Crippen molar-refractivity contribution in [1.29, 1.82) is 0 Å². The number of piperidine rings is 1. The van der Waals surface area contributed by atoms with E-state index in [1.165, 1.54) is 0 Å². The van der Waals surface area contributed by atoms with Gasteiger partial charge in [0.2, 0.25) is 0 Å². The lowest BCUT2D eigenvalue weighted by Gasteiger charge is -2.25. The first kappa shape index (κ1) is 18.9. The highest BCUT2D eigenvalue weighted by Gasteiger charge is 2.18. The highest BCUT2D eigenvalue weighted by Crippen LogP contribution is 2.31. The maximum absolute atomic E-state index is 12.7. The fourth-order valence-corrected chi connectivity index (χ4v) is 3.91. The molecule has 4 N–H and O–H groups in total. The van der Waals surface area contributed by atoms with Crippen LogP contribution in [0.3, 0.4) is 0 Å². The number of anilines is 1. The van der Waals surface area contributed by atoms with Gasteiger partial charge in [0.05, 0.1) is 16.5 Å². The summed E-state index contributed by atoms with van der Waals surface area (Å²) in [4.78, 5) is 20.2. The minimum absolute atomic E-state index is 0.209. The molecule has 144 valence electrons. The molecule has 0 spiro atoms. The smallest absolute Gasteiger partial charge is 0.258 e. The van der Waals surface area contributed by atoms with E-state index in [0.717, 1.165) is 47.0 Å². The van der Waals surface area contributed by atoms with Gasteiger partial charge in [-0.05, 0) is 44.5 Å². The number of nitrogens with one attached hydrogen (secondary N) is 3. The van der Waals surface area contributed by atoms with Crippen LogP contribution in [0.1, 0.15) is 25.3 Å². The van der Waals surface area contributed by atoms with Crippen LogP contribution in [-0.2, 0) is 0 Å². The number of aromatic amines is 1. The van der Waals surface area contributed by atoms with E-state index in [1.54, 1.807) is 13.1 Å². The Labute approximate surface area is 170 Å². The summed E-state index contributed by atoms with van der Waals surface area (Å²) in [5.41, 5.74) is 0.912. The number of hydrogen-bond acceptors (Lipinski definition) is 5. The fourth-order valence-electron chi connectivity index (χ4n) is 3.54. The lowest BCUT2D eigenvalue weighted by molar-refractivity contribution is 0.253. The van der Waals surface area contributed by atoms with Crippen molar-refractivity contribution >= 4 is 43.4 Å². The number of aromatic nitrogens is 2. The zero-order valence-electron chi connectivity index (χ0n) is 15.5. The van der Waals surface area contributed by atoms with Crippen LogP contribution in [0.4, 0.5) is 5.82 Å². The van der Waals surface area contributed by atoms with Gasteiger partial charge in [0.15, 0.2) is 0 Å². The molecular formula is C21H21BrN4O2. The van der Waals surface area contributed by atoms with Gasteiger partial charge in [0.1, 0.15) is 11.9 Å². The van der Waals surface area contributed by atoms with Crippen LogP contribution in [0.15, 0.2) is 33.7 Å². The van der Waals surface area contributed by atoms with E-state index < -0.39 is 6.10 Å². The van der Waals surface area contributed by atoms with Crippen molar-refractivity contribution in [3.8, 4) is 11.8 Å². The van der Waals surface area contributed by atoms with Crippen molar-refractivity contribution in [3.63, 3.8) is 0 Å². The van der Waals surface area contributed by atoms with Crippen LogP contribution < -0.4 is 16.2 Å². The first-order chi connectivity index (χ1) is 13.5. The second kappa shape index (κ2) is 7.92. The number of halogens is 1. The van der Waals surface area contributed by atoms with Gasteiger partial charge in [-0.1, -0.05) is 27.8 Å². The molecule has 0 unspecified atom stereocenters. The maximum atomic E-state index is 12.7. The molecule has 1 aliphatic heterocycles. The lowest BCUT2D eigenvalue weighted by atomic mass is 10.0. The Hall–Kier alpha value is -2.40. The highest BCUT2D eigenvalue weighted by molar-refractivity contribution is 9.10. The van der Waals surface area contributed by atoms with E-state index in [4.69, 9.17) is 4.98 Å². The molecule has 1 fully saturated rings. The predicted molar refractivity (Wildman–Crippen MR) is 116 cm³/mol. The van der Waals surface area contributed by atoms with Gasteiger partial charge >= 0.3 is 0 Å². The van der Waals surface area contributed by atoms with Gasteiger partial charge < -0.3 is 20.7 Å². The Morgan fingerprint density at radius 1 is 1.39 bits per heavy atom. The molecule has 2 atom stereocenters. The summed E-state index contributed by atoms with van der Waals surface area (Å²) in [7, 11) is 0. The molecule has 0 saturated carbocycles. The summed E-state index contributed by atoms with van der Waals surface area (Å²) in [5, 5.41) is 18.7. The first-order valence-electron chi connectivity index (χ1n) is 9.34. The van der Waals surface area contributed by atoms with Crippen LogP contribution >= 0.6 is 15.9 Å². The highest BCUT2D eigenvalue weighted by atomic mass is 79.9. The molecule has 0 aliphatic carbocycles. The van der Waals surface area contributed by atoms with Crippen LogP contribution in [0.5, 0.6) is 0 Å². The standard InChI is InChI=1S/C21H21BrN4O2/c1-12(27)4-5-13-10-24-21(28)18-17-9-14(22)6-7-16(17)20(26-19(13)18)25-15-3-2-8-23-11-15/h6-7,9-10,12,15,23,27H,2-3,8,11H2,1H3,(H,24,28)(H,25,26)/t12-,15-/m0/s1. The molecule has 1 aromatic carbocycles. The van der Waals surface area contributed by atoms with Crippen molar-refractivity contribution in [2.45, 2.75) is 31.9 Å². The number of rotatable bonds is 2. The summed E-state index contributed by atoms with van der Waals surface area (Å²) in [6, 6.07) is 6.13. The second-order valence-electron chi connectivity index (χ2n) is 7.04. The van der Waals surface area contributed by atoms with Gasteiger partial charge in [0, 0.05) is 34.0 Å². The molecule has 0 bridgehead atoms. The van der Waals surface area contributed by atoms with Gasteiger partial charge in [-0.25, -0.2) is 4.98 Å². The fraction of sp³-hybridized carbons (Fsp3) is 0.333. The Morgan fingerprint density at radius 3 is 3.00 bits per heavy atom. The molecule has 1 saturated heterocycles. The largest absolute Gasteiger partial charge is 0.381 e. The van der Waals surface area contributed by atoms with Gasteiger partial charge in [-0.3, -0.25) is 4.79 Å². The van der Waals surface area contributed by atoms with Crippen molar-refractivity contribution in [2.24, 2.45) is 0 Å². The summed E-state index contributed by atoms with van der Waals surface area (Å²) < 4.78 is 0.887. The number of aliphatic hydroxyl groups excluding tert-OH is 1. The Balaban J connectivity index is 1.98. The Bertz CT molecular complexity index is 1150. The second-order valence-corrected chi connectivity index (χ2v) is 7.95. The van der Waals surface area contributed by atoms with Gasteiger partial charge in [-0.15, -0.1) is 0 Å². The van der Waals surface area contributed by atoms with Crippen molar-refractivity contribution < 1.29 is 5.11 Å². The minimum Gasteiger partial charge on any atom is -0.381 e. The average Bonchev–Trinajstić information content (AvgIpc) is 2.68. The van der Waals surface area contributed by atoms with Crippen LogP contribution in [-0.4, -0.2) is 40.3 Å². The van der Waals surface area contributed by atoms with Crippen molar-refractivity contribution in [1.82, 2.24) is 15.3 Å². The van der Waals surface area contributed by atoms with Gasteiger partial charge in [0.25, 0.3) is 5.56 Å². The molecule has 0 radical (unpaired) electrons. The average molecular weight is 441 g/mol. The molecule has 3 aromatic rings. The van der Waals surface area contributed by atoms with Crippen LogP contribution in [0, 0.1) is 11.8 Å². The molecular weight excluding hydrogens is 420 g/mol. The normalized spacial score (nSPS) is 17.9. The van der Waals surface area contributed by atoms with Crippen molar-refractivity contribution in [2.75, 3.05) is 18.4 Å². The van der Waals surface area contributed by atoms with Gasteiger partial charge in [-0.2, -0.15) is 0 Å². The van der Waals surface area contributed by atoms with E-state index in [-0.39, 0.29) is 11.6 Å². The Kier molecular flexibility index (Phi) is 5.36. The van der Waals surface area contributed by atoms with Crippen LogP contribution in [0.2, 0.25) is 0 Å². The maximum Gasteiger partial charge on any atom is 0.258 e. The quantitative estimate of drug-likeness (QED) is 0.363. The number of H-pyrrole nitrogens is 1. The predicted octanol–water partition coefficient (Wildman–Crippen LogP) is 2.74. The zero-order valence-corrected chi connectivity index (χ0v) is 17.1. The third-order valence-electron chi connectivity index (χ3n) is 4.85. The number of aliphatic hydroxyl groups is 1. The molecule has 28 heavy (non-hydrogen) atoms. The first-order valence-corrected chi connectivity index (χ1v) is 10.1. The van der Waals surface area contributed by atoms with Crippen molar-refractivity contribution in [3.05, 3.63) is 44.8 Å². The third kappa shape index (κ3) is 3.76. The topological polar surface area (TPSA) is 90.0 Å². The zero-order chi connectivity index (χ0) is 19.7. The summed E-state index contributed by atoms with van der Waals surface area (Å²) in [6.07, 6.45) is 2.97. The summed E-state index contributed by atoms with van der Waals surface area (Å²) in [5.74, 6) is 6.42.